The Balaban J connectivity index is 1.58. The molecule has 0 radical (unpaired) electrons. The topological polar surface area (TPSA) is 41.6 Å². The molecule has 0 aromatic heterocycles. The fraction of sp³-hybridized carbons (Fsp3) is 0.316. The number of hydrogen-bond acceptors (Lipinski definition) is 3. The third kappa shape index (κ3) is 4.73. The molecule has 1 aliphatic carbocycles. The molecule has 0 bridgehead atoms. The van der Waals surface area contributed by atoms with Gasteiger partial charge in [-0.2, -0.15) is 0 Å². The Labute approximate surface area is 147 Å². The van der Waals surface area contributed by atoms with Crippen LogP contribution in [0.15, 0.2) is 48.5 Å². The van der Waals surface area contributed by atoms with E-state index in [4.69, 9.17) is 16.3 Å². The Hall–Kier alpha value is -2.04. The van der Waals surface area contributed by atoms with E-state index < -0.39 is 0 Å². The highest BCUT2D eigenvalue weighted by Crippen LogP contribution is 2.28. The van der Waals surface area contributed by atoms with Crippen LogP contribution in [-0.4, -0.2) is 30.5 Å². The largest absolute Gasteiger partial charge is 0.497 e. The Morgan fingerprint density at radius 2 is 1.83 bits per heavy atom. The van der Waals surface area contributed by atoms with Crippen LogP contribution in [-0.2, 0) is 11.3 Å². The lowest BCUT2D eigenvalue weighted by molar-refractivity contribution is -0.117. The molecule has 2 aromatic rings. The zero-order valence-corrected chi connectivity index (χ0v) is 14.4. The van der Waals surface area contributed by atoms with Gasteiger partial charge < -0.3 is 10.1 Å². The number of hydrogen-bond donors (Lipinski definition) is 1. The van der Waals surface area contributed by atoms with Gasteiger partial charge in [-0.05, 0) is 54.8 Å². The van der Waals surface area contributed by atoms with E-state index in [0.717, 1.165) is 30.8 Å². The summed E-state index contributed by atoms with van der Waals surface area (Å²) in [5.41, 5.74) is 1.95. The quantitative estimate of drug-likeness (QED) is 0.826. The minimum Gasteiger partial charge on any atom is -0.497 e. The van der Waals surface area contributed by atoms with Crippen LogP contribution in [0.4, 0.5) is 5.69 Å². The van der Waals surface area contributed by atoms with Gasteiger partial charge in [-0.3, -0.25) is 9.69 Å². The number of amides is 1. The standard InChI is InChI=1S/C19H21ClN2O2/c1-24-18-10-2-14(3-11-18)12-22(17-8-9-17)13-19(23)21-16-6-4-15(20)5-7-16/h2-7,10-11,17H,8-9,12-13H2,1H3,(H,21,23). The Kier molecular flexibility index (Phi) is 5.38. The van der Waals surface area contributed by atoms with Gasteiger partial charge >= 0.3 is 0 Å². The summed E-state index contributed by atoms with van der Waals surface area (Å²) < 4.78 is 5.19. The molecule has 126 valence electrons. The lowest BCUT2D eigenvalue weighted by Gasteiger charge is -2.21. The summed E-state index contributed by atoms with van der Waals surface area (Å²) in [6.07, 6.45) is 2.31. The van der Waals surface area contributed by atoms with Gasteiger partial charge in [0.05, 0.1) is 13.7 Å². The van der Waals surface area contributed by atoms with Crippen molar-refractivity contribution in [2.75, 3.05) is 19.0 Å². The molecule has 0 spiro atoms. The summed E-state index contributed by atoms with van der Waals surface area (Å²) in [4.78, 5) is 14.6. The highest BCUT2D eigenvalue weighted by Gasteiger charge is 2.30. The summed E-state index contributed by atoms with van der Waals surface area (Å²) in [6.45, 7) is 1.15. The van der Waals surface area contributed by atoms with Crippen molar-refractivity contribution in [1.29, 1.82) is 0 Å². The maximum atomic E-state index is 12.3. The van der Waals surface area contributed by atoms with Crippen LogP contribution >= 0.6 is 11.6 Å². The molecular weight excluding hydrogens is 324 g/mol. The van der Waals surface area contributed by atoms with E-state index in [1.165, 1.54) is 5.56 Å². The van der Waals surface area contributed by atoms with Crippen LogP contribution in [0.5, 0.6) is 5.75 Å². The van der Waals surface area contributed by atoms with Gasteiger partial charge in [-0.25, -0.2) is 0 Å². The zero-order valence-electron chi connectivity index (χ0n) is 13.7. The average Bonchev–Trinajstić information content (AvgIpc) is 3.42. The average molecular weight is 345 g/mol. The first-order valence-electron chi connectivity index (χ1n) is 8.06. The summed E-state index contributed by atoms with van der Waals surface area (Å²) >= 11 is 5.86. The van der Waals surface area contributed by atoms with Crippen LogP contribution < -0.4 is 10.1 Å². The van der Waals surface area contributed by atoms with Gasteiger partial charge in [-0.15, -0.1) is 0 Å². The molecule has 3 rings (SSSR count). The minimum absolute atomic E-state index is 0.00210. The van der Waals surface area contributed by atoms with E-state index in [1.807, 2.05) is 36.4 Å². The van der Waals surface area contributed by atoms with E-state index >= 15 is 0 Å². The number of halogens is 1. The number of anilines is 1. The van der Waals surface area contributed by atoms with Gasteiger partial charge in [0.1, 0.15) is 5.75 Å². The molecule has 1 amide bonds. The first-order chi connectivity index (χ1) is 11.6. The highest BCUT2D eigenvalue weighted by atomic mass is 35.5. The van der Waals surface area contributed by atoms with Crippen LogP contribution in [0.3, 0.4) is 0 Å². The lowest BCUT2D eigenvalue weighted by Crippen LogP contribution is -2.34. The summed E-state index contributed by atoms with van der Waals surface area (Å²) in [6, 6.07) is 15.7. The maximum Gasteiger partial charge on any atom is 0.238 e. The number of nitrogens with zero attached hydrogens (tertiary/aromatic N) is 1. The SMILES string of the molecule is COc1ccc(CN(CC(=O)Nc2ccc(Cl)cc2)C2CC2)cc1. The van der Waals surface area contributed by atoms with Crippen LogP contribution in [0.25, 0.3) is 0 Å². The smallest absolute Gasteiger partial charge is 0.238 e. The minimum atomic E-state index is -0.00210. The molecule has 1 fully saturated rings. The molecule has 0 saturated heterocycles. The predicted molar refractivity (Wildman–Crippen MR) is 96.5 cm³/mol. The second-order valence-corrected chi connectivity index (χ2v) is 6.48. The molecule has 0 heterocycles. The van der Waals surface area contributed by atoms with E-state index in [0.29, 0.717) is 17.6 Å². The molecule has 5 heteroatoms. The monoisotopic (exact) mass is 344 g/mol. The lowest BCUT2D eigenvalue weighted by atomic mass is 10.2. The Morgan fingerprint density at radius 1 is 1.17 bits per heavy atom. The van der Waals surface area contributed by atoms with Crippen LogP contribution in [0, 0.1) is 0 Å². The summed E-state index contributed by atoms with van der Waals surface area (Å²) in [5.74, 6) is 0.843. The Morgan fingerprint density at radius 3 is 2.42 bits per heavy atom. The van der Waals surface area contributed by atoms with E-state index in [2.05, 4.69) is 10.2 Å². The van der Waals surface area contributed by atoms with Crippen molar-refractivity contribution >= 4 is 23.2 Å². The summed E-state index contributed by atoms with van der Waals surface area (Å²) in [5, 5.41) is 3.59. The highest BCUT2D eigenvalue weighted by molar-refractivity contribution is 6.30. The molecule has 2 aromatic carbocycles. The van der Waals surface area contributed by atoms with Gasteiger partial charge in [0.15, 0.2) is 0 Å². The molecule has 1 saturated carbocycles. The van der Waals surface area contributed by atoms with Crippen LogP contribution in [0.2, 0.25) is 5.02 Å². The van der Waals surface area contributed by atoms with Gasteiger partial charge in [0.25, 0.3) is 0 Å². The number of nitrogens with one attached hydrogen (secondary N) is 1. The molecular formula is C19H21ClN2O2. The fourth-order valence-corrected chi connectivity index (χ4v) is 2.76. The summed E-state index contributed by atoms with van der Waals surface area (Å²) in [7, 11) is 1.66. The number of rotatable bonds is 7. The number of benzene rings is 2. The molecule has 4 nitrogen and oxygen atoms in total. The number of ether oxygens (including phenoxy) is 1. The van der Waals surface area contributed by atoms with E-state index in [-0.39, 0.29) is 5.91 Å². The third-order valence-corrected chi connectivity index (χ3v) is 4.33. The first-order valence-corrected chi connectivity index (χ1v) is 8.44. The van der Waals surface area contributed by atoms with Crippen molar-refractivity contribution in [3.8, 4) is 5.75 Å². The van der Waals surface area contributed by atoms with E-state index in [9.17, 15) is 4.79 Å². The molecule has 0 unspecified atom stereocenters. The molecule has 1 N–H and O–H groups in total. The predicted octanol–water partition coefficient (Wildman–Crippen LogP) is 3.95. The molecule has 24 heavy (non-hydrogen) atoms. The van der Waals surface area contributed by atoms with Crippen molar-refractivity contribution in [3.63, 3.8) is 0 Å². The molecule has 0 aliphatic heterocycles. The fourth-order valence-electron chi connectivity index (χ4n) is 2.64. The normalized spacial score (nSPS) is 13.8. The van der Waals surface area contributed by atoms with Gasteiger partial charge in [-0.1, -0.05) is 23.7 Å². The second-order valence-electron chi connectivity index (χ2n) is 6.04. The van der Waals surface area contributed by atoms with Crippen molar-refractivity contribution in [1.82, 2.24) is 4.90 Å². The van der Waals surface area contributed by atoms with E-state index in [1.54, 1.807) is 19.2 Å². The molecule has 1 aliphatic rings. The first kappa shape index (κ1) is 16.8. The van der Waals surface area contributed by atoms with Gasteiger partial charge in [0.2, 0.25) is 5.91 Å². The molecule has 0 atom stereocenters. The van der Waals surface area contributed by atoms with Crippen LogP contribution in [0.1, 0.15) is 18.4 Å². The van der Waals surface area contributed by atoms with Crippen molar-refractivity contribution in [3.05, 3.63) is 59.1 Å². The zero-order chi connectivity index (χ0) is 16.9. The van der Waals surface area contributed by atoms with Crippen molar-refractivity contribution < 1.29 is 9.53 Å². The van der Waals surface area contributed by atoms with Gasteiger partial charge in [0, 0.05) is 23.3 Å². The number of carbonyl (C=O) groups excluding carboxylic acids is 1. The second kappa shape index (κ2) is 7.69. The van der Waals surface area contributed by atoms with Crippen molar-refractivity contribution in [2.24, 2.45) is 0 Å². The third-order valence-electron chi connectivity index (χ3n) is 4.08. The maximum absolute atomic E-state index is 12.3. The van der Waals surface area contributed by atoms with Crippen molar-refractivity contribution in [2.45, 2.75) is 25.4 Å². The number of carbonyl (C=O) groups is 1. The Bertz CT molecular complexity index is 682. The number of methoxy groups -OCH3 is 1.